The lowest BCUT2D eigenvalue weighted by Gasteiger charge is -2.08. The van der Waals surface area contributed by atoms with Crippen molar-refractivity contribution in [1.29, 1.82) is 0 Å². The van der Waals surface area contributed by atoms with E-state index in [1.165, 1.54) is 0 Å². The SMILES string of the molecule is O=Cc1cc2ccccc2nc1Oc1cccc(I)c1. The summed E-state index contributed by atoms with van der Waals surface area (Å²) in [6, 6.07) is 17.0. The fourth-order valence-electron chi connectivity index (χ4n) is 1.92. The number of rotatable bonds is 3. The molecule has 0 aliphatic carbocycles. The number of halogens is 1. The highest BCUT2D eigenvalue weighted by Crippen LogP contribution is 2.26. The number of hydrogen-bond donors (Lipinski definition) is 0. The summed E-state index contributed by atoms with van der Waals surface area (Å²) in [7, 11) is 0. The number of aldehydes is 1. The molecular formula is C16H10INO2. The van der Waals surface area contributed by atoms with E-state index in [1.54, 1.807) is 6.07 Å². The van der Waals surface area contributed by atoms with E-state index in [9.17, 15) is 4.79 Å². The molecule has 20 heavy (non-hydrogen) atoms. The largest absolute Gasteiger partial charge is 0.438 e. The number of pyridine rings is 1. The first kappa shape index (κ1) is 13.1. The Labute approximate surface area is 129 Å². The molecule has 0 fully saturated rings. The van der Waals surface area contributed by atoms with Crippen LogP contribution in [0.2, 0.25) is 0 Å². The second-order valence-corrected chi connectivity index (χ2v) is 5.50. The first-order valence-electron chi connectivity index (χ1n) is 6.04. The van der Waals surface area contributed by atoms with Crippen molar-refractivity contribution >= 4 is 39.8 Å². The lowest BCUT2D eigenvalue weighted by atomic mass is 10.1. The van der Waals surface area contributed by atoms with Crippen LogP contribution in [0.25, 0.3) is 10.9 Å². The molecule has 0 aliphatic heterocycles. The molecule has 1 heterocycles. The molecule has 0 N–H and O–H groups in total. The minimum absolute atomic E-state index is 0.334. The summed E-state index contributed by atoms with van der Waals surface area (Å²) in [5, 5.41) is 0.921. The molecule has 3 rings (SSSR count). The average Bonchev–Trinajstić information content (AvgIpc) is 2.46. The van der Waals surface area contributed by atoms with E-state index >= 15 is 0 Å². The van der Waals surface area contributed by atoms with E-state index in [0.717, 1.165) is 20.8 Å². The second-order valence-electron chi connectivity index (χ2n) is 4.25. The number of nitrogens with zero attached hydrogens (tertiary/aromatic N) is 1. The van der Waals surface area contributed by atoms with Crippen molar-refractivity contribution in [3.63, 3.8) is 0 Å². The molecule has 3 nitrogen and oxygen atoms in total. The molecule has 2 aromatic carbocycles. The van der Waals surface area contributed by atoms with E-state index < -0.39 is 0 Å². The molecule has 1 aromatic heterocycles. The van der Waals surface area contributed by atoms with Crippen LogP contribution in [0.3, 0.4) is 0 Å². The molecule has 98 valence electrons. The second kappa shape index (κ2) is 5.58. The van der Waals surface area contributed by atoms with Gasteiger partial charge in [-0.2, -0.15) is 0 Å². The maximum Gasteiger partial charge on any atom is 0.230 e. The Hall–Kier alpha value is -1.95. The lowest BCUT2D eigenvalue weighted by Crippen LogP contribution is -1.95. The molecule has 0 bridgehead atoms. The molecule has 3 aromatic rings. The van der Waals surface area contributed by atoms with Crippen molar-refractivity contribution in [1.82, 2.24) is 4.98 Å². The van der Waals surface area contributed by atoms with Gasteiger partial charge in [0.05, 0.1) is 11.1 Å². The van der Waals surface area contributed by atoms with Gasteiger partial charge in [0.25, 0.3) is 0 Å². The van der Waals surface area contributed by atoms with Gasteiger partial charge in [-0.25, -0.2) is 4.98 Å². The van der Waals surface area contributed by atoms with Crippen LogP contribution in [0.15, 0.2) is 54.6 Å². The molecule has 0 saturated heterocycles. The van der Waals surface area contributed by atoms with E-state index in [0.29, 0.717) is 17.2 Å². The van der Waals surface area contributed by atoms with Crippen LogP contribution >= 0.6 is 22.6 Å². The van der Waals surface area contributed by atoms with Crippen LogP contribution < -0.4 is 4.74 Å². The molecule has 0 spiro atoms. The molecule has 4 heteroatoms. The van der Waals surface area contributed by atoms with Gasteiger partial charge in [-0.05, 0) is 52.9 Å². The van der Waals surface area contributed by atoms with Gasteiger partial charge in [-0.1, -0.05) is 24.3 Å². The van der Waals surface area contributed by atoms with Gasteiger partial charge in [-0.15, -0.1) is 0 Å². The number of ether oxygens (including phenoxy) is 1. The Bertz CT molecular complexity index is 786. The number of aromatic nitrogens is 1. The maximum atomic E-state index is 11.2. The summed E-state index contributed by atoms with van der Waals surface area (Å²) in [5.74, 6) is 1.00. The topological polar surface area (TPSA) is 39.2 Å². The Morgan fingerprint density at radius 2 is 1.90 bits per heavy atom. The number of fused-ring (bicyclic) bond motifs is 1. The number of benzene rings is 2. The van der Waals surface area contributed by atoms with Crippen molar-refractivity contribution in [2.24, 2.45) is 0 Å². The highest BCUT2D eigenvalue weighted by Gasteiger charge is 2.08. The summed E-state index contributed by atoms with van der Waals surface area (Å²) in [6.45, 7) is 0. The van der Waals surface area contributed by atoms with E-state index in [1.807, 2.05) is 48.5 Å². The number of carbonyl (C=O) groups is 1. The number of para-hydroxylation sites is 1. The third-order valence-corrected chi connectivity index (χ3v) is 3.53. The highest BCUT2D eigenvalue weighted by atomic mass is 127. The number of hydrogen-bond acceptors (Lipinski definition) is 3. The normalized spacial score (nSPS) is 10.4. The van der Waals surface area contributed by atoms with Gasteiger partial charge in [0, 0.05) is 8.96 Å². The molecule has 0 atom stereocenters. The van der Waals surface area contributed by atoms with Crippen LogP contribution in [-0.2, 0) is 0 Å². The maximum absolute atomic E-state index is 11.2. The predicted molar refractivity (Wildman–Crippen MR) is 86.4 cm³/mol. The zero-order valence-corrected chi connectivity index (χ0v) is 12.6. The predicted octanol–water partition coefficient (Wildman–Crippen LogP) is 4.44. The molecule has 0 aliphatic rings. The molecule has 0 radical (unpaired) electrons. The van der Waals surface area contributed by atoms with Crippen LogP contribution in [0.5, 0.6) is 11.6 Å². The van der Waals surface area contributed by atoms with Crippen molar-refractivity contribution in [2.45, 2.75) is 0 Å². The van der Waals surface area contributed by atoms with Crippen molar-refractivity contribution in [3.05, 3.63) is 63.7 Å². The highest BCUT2D eigenvalue weighted by molar-refractivity contribution is 14.1. The quantitative estimate of drug-likeness (QED) is 0.502. The third kappa shape index (κ3) is 2.65. The molecule has 0 amide bonds. The van der Waals surface area contributed by atoms with E-state index in [-0.39, 0.29) is 0 Å². The summed E-state index contributed by atoms with van der Waals surface area (Å²) >= 11 is 2.21. The van der Waals surface area contributed by atoms with E-state index in [4.69, 9.17) is 4.74 Å². The summed E-state index contributed by atoms with van der Waals surface area (Å²) in [6.07, 6.45) is 0.767. The summed E-state index contributed by atoms with van der Waals surface area (Å²) in [4.78, 5) is 15.6. The molecule has 0 saturated carbocycles. The van der Waals surface area contributed by atoms with Crippen LogP contribution in [-0.4, -0.2) is 11.3 Å². The van der Waals surface area contributed by atoms with Gasteiger partial charge in [-0.3, -0.25) is 4.79 Å². The first-order chi connectivity index (χ1) is 9.76. The minimum Gasteiger partial charge on any atom is -0.438 e. The number of carbonyl (C=O) groups excluding carboxylic acids is 1. The van der Waals surface area contributed by atoms with Crippen molar-refractivity contribution in [2.75, 3.05) is 0 Å². The Kier molecular flexibility index (Phi) is 3.64. The van der Waals surface area contributed by atoms with Crippen LogP contribution in [0, 0.1) is 3.57 Å². The van der Waals surface area contributed by atoms with Gasteiger partial charge < -0.3 is 4.74 Å². The molecular weight excluding hydrogens is 365 g/mol. The van der Waals surface area contributed by atoms with Crippen molar-refractivity contribution < 1.29 is 9.53 Å². The zero-order chi connectivity index (χ0) is 13.9. The monoisotopic (exact) mass is 375 g/mol. The van der Waals surface area contributed by atoms with Gasteiger partial charge >= 0.3 is 0 Å². The average molecular weight is 375 g/mol. The Morgan fingerprint density at radius 3 is 2.70 bits per heavy atom. The Morgan fingerprint density at radius 1 is 1.05 bits per heavy atom. The first-order valence-corrected chi connectivity index (χ1v) is 7.12. The fourth-order valence-corrected chi connectivity index (χ4v) is 2.44. The smallest absolute Gasteiger partial charge is 0.230 e. The minimum atomic E-state index is 0.334. The van der Waals surface area contributed by atoms with Gasteiger partial charge in [0.1, 0.15) is 5.75 Å². The van der Waals surface area contributed by atoms with E-state index in [2.05, 4.69) is 27.6 Å². The Balaban J connectivity index is 2.07. The standard InChI is InChI=1S/C16H10INO2/c17-13-5-3-6-14(9-13)20-16-12(10-19)8-11-4-1-2-7-15(11)18-16/h1-10H. The fraction of sp³-hybridized carbons (Fsp3) is 0. The zero-order valence-electron chi connectivity index (χ0n) is 10.4. The lowest BCUT2D eigenvalue weighted by molar-refractivity contribution is 0.112. The molecule has 0 unspecified atom stereocenters. The third-order valence-electron chi connectivity index (χ3n) is 2.85. The summed E-state index contributed by atoms with van der Waals surface area (Å²) in [5.41, 5.74) is 1.25. The van der Waals surface area contributed by atoms with Crippen LogP contribution in [0.4, 0.5) is 0 Å². The van der Waals surface area contributed by atoms with Crippen LogP contribution in [0.1, 0.15) is 10.4 Å². The van der Waals surface area contributed by atoms with Gasteiger partial charge in [0.15, 0.2) is 6.29 Å². The van der Waals surface area contributed by atoms with Crippen molar-refractivity contribution in [3.8, 4) is 11.6 Å². The van der Waals surface area contributed by atoms with Gasteiger partial charge in [0.2, 0.25) is 5.88 Å². The summed E-state index contributed by atoms with van der Waals surface area (Å²) < 4.78 is 6.81.